The standard InChI is InChI=1S/C24H15N3O2/c28-27(29)16-10-12-22-20(14-16)19-13-15(9-11-21(19)25-22)26-23-7-3-1-5-17(23)18-6-2-4-8-24(18)26/h1-14,25H. The summed E-state index contributed by atoms with van der Waals surface area (Å²) in [7, 11) is 0. The van der Waals surface area contributed by atoms with Crippen LogP contribution >= 0.6 is 0 Å². The van der Waals surface area contributed by atoms with E-state index in [4.69, 9.17) is 0 Å². The first-order valence-corrected chi connectivity index (χ1v) is 9.39. The maximum Gasteiger partial charge on any atom is 0.270 e. The van der Waals surface area contributed by atoms with Gasteiger partial charge in [-0.3, -0.25) is 10.1 Å². The van der Waals surface area contributed by atoms with Crippen LogP contribution in [0.25, 0.3) is 49.3 Å². The Morgan fingerprint density at radius 2 is 1.28 bits per heavy atom. The van der Waals surface area contributed by atoms with Crippen molar-refractivity contribution in [1.29, 1.82) is 0 Å². The minimum Gasteiger partial charge on any atom is -0.355 e. The molecule has 0 atom stereocenters. The number of hydrogen-bond donors (Lipinski definition) is 1. The Kier molecular flexibility index (Phi) is 3.12. The van der Waals surface area contributed by atoms with Gasteiger partial charge in [-0.1, -0.05) is 36.4 Å². The van der Waals surface area contributed by atoms with E-state index in [0.29, 0.717) is 0 Å². The van der Waals surface area contributed by atoms with Gasteiger partial charge < -0.3 is 9.55 Å². The van der Waals surface area contributed by atoms with E-state index in [1.54, 1.807) is 12.1 Å². The molecule has 0 spiro atoms. The van der Waals surface area contributed by atoms with Crippen LogP contribution in [0.1, 0.15) is 0 Å². The molecule has 29 heavy (non-hydrogen) atoms. The zero-order valence-corrected chi connectivity index (χ0v) is 15.3. The van der Waals surface area contributed by atoms with Gasteiger partial charge in [0.05, 0.1) is 16.0 Å². The number of para-hydroxylation sites is 2. The molecule has 0 bridgehead atoms. The van der Waals surface area contributed by atoms with E-state index >= 15 is 0 Å². The number of aromatic nitrogens is 2. The molecule has 0 aliphatic rings. The van der Waals surface area contributed by atoms with Crippen molar-refractivity contribution in [1.82, 2.24) is 9.55 Å². The first-order chi connectivity index (χ1) is 14.2. The third-order valence-corrected chi connectivity index (χ3v) is 5.61. The van der Waals surface area contributed by atoms with Gasteiger partial charge in [0.2, 0.25) is 0 Å². The minimum absolute atomic E-state index is 0.0978. The molecule has 5 nitrogen and oxygen atoms in total. The van der Waals surface area contributed by atoms with Crippen LogP contribution in [0.3, 0.4) is 0 Å². The normalized spacial score (nSPS) is 11.7. The van der Waals surface area contributed by atoms with Gasteiger partial charge in [0.1, 0.15) is 0 Å². The molecule has 0 fully saturated rings. The average Bonchev–Trinajstić information content (AvgIpc) is 3.28. The third kappa shape index (κ3) is 2.21. The molecule has 6 rings (SSSR count). The Morgan fingerprint density at radius 3 is 1.93 bits per heavy atom. The highest BCUT2D eigenvalue weighted by Crippen LogP contribution is 2.35. The van der Waals surface area contributed by atoms with Gasteiger partial charge in [-0.2, -0.15) is 0 Å². The molecule has 6 aromatic rings. The Labute approximate surface area is 164 Å². The second-order valence-corrected chi connectivity index (χ2v) is 7.21. The summed E-state index contributed by atoms with van der Waals surface area (Å²) in [4.78, 5) is 14.2. The number of nitrogens with zero attached hydrogens (tertiary/aromatic N) is 2. The summed E-state index contributed by atoms with van der Waals surface area (Å²) in [5.74, 6) is 0. The number of non-ortho nitro benzene ring substituents is 1. The fourth-order valence-corrected chi connectivity index (χ4v) is 4.33. The smallest absolute Gasteiger partial charge is 0.270 e. The van der Waals surface area contributed by atoms with Crippen LogP contribution in [0.2, 0.25) is 0 Å². The van der Waals surface area contributed by atoms with Crippen molar-refractivity contribution in [3.63, 3.8) is 0 Å². The predicted molar refractivity (Wildman–Crippen MR) is 117 cm³/mol. The lowest BCUT2D eigenvalue weighted by Gasteiger charge is -2.08. The van der Waals surface area contributed by atoms with Gasteiger partial charge in [-0.15, -0.1) is 0 Å². The van der Waals surface area contributed by atoms with Crippen molar-refractivity contribution in [3.8, 4) is 5.69 Å². The van der Waals surface area contributed by atoms with Gasteiger partial charge >= 0.3 is 0 Å². The highest BCUT2D eigenvalue weighted by Gasteiger charge is 2.14. The first-order valence-electron chi connectivity index (χ1n) is 9.39. The van der Waals surface area contributed by atoms with Crippen LogP contribution in [0.5, 0.6) is 0 Å². The van der Waals surface area contributed by atoms with E-state index in [-0.39, 0.29) is 10.6 Å². The molecule has 5 heteroatoms. The van der Waals surface area contributed by atoms with E-state index in [9.17, 15) is 10.1 Å². The first kappa shape index (κ1) is 15.9. The SMILES string of the molecule is O=[N+]([O-])c1ccc2[nH]c3ccc(-n4c5ccccc5c5ccccc54)cc3c2c1. The molecule has 2 heterocycles. The van der Waals surface area contributed by atoms with Gasteiger partial charge in [-0.25, -0.2) is 0 Å². The fourth-order valence-electron chi connectivity index (χ4n) is 4.33. The van der Waals surface area contributed by atoms with Crippen LogP contribution in [-0.4, -0.2) is 14.5 Å². The maximum absolute atomic E-state index is 11.2. The number of benzene rings is 4. The molecule has 0 amide bonds. The van der Waals surface area contributed by atoms with Gasteiger partial charge in [0.25, 0.3) is 5.69 Å². The molecule has 0 unspecified atom stereocenters. The number of H-pyrrole nitrogens is 1. The number of fused-ring (bicyclic) bond motifs is 6. The molecule has 0 radical (unpaired) electrons. The topological polar surface area (TPSA) is 63.9 Å². The highest BCUT2D eigenvalue weighted by molar-refractivity contribution is 6.11. The summed E-state index contributed by atoms with van der Waals surface area (Å²) in [6.07, 6.45) is 0. The van der Waals surface area contributed by atoms with Crippen molar-refractivity contribution >= 4 is 49.3 Å². The Morgan fingerprint density at radius 1 is 0.690 bits per heavy atom. The van der Waals surface area contributed by atoms with E-state index in [1.165, 1.54) is 16.8 Å². The summed E-state index contributed by atoms with van der Waals surface area (Å²) < 4.78 is 2.25. The molecule has 138 valence electrons. The fraction of sp³-hybridized carbons (Fsp3) is 0. The number of rotatable bonds is 2. The van der Waals surface area contributed by atoms with E-state index < -0.39 is 0 Å². The van der Waals surface area contributed by atoms with E-state index in [1.807, 2.05) is 18.2 Å². The van der Waals surface area contributed by atoms with Crippen LogP contribution in [-0.2, 0) is 0 Å². The Balaban J connectivity index is 1.70. The molecule has 0 aliphatic heterocycles. The Bertz CT molecular complexity index is 1540. The summed E-state index contributed by atoms with van der Waals surface area (Å²) in [5, 5.41) is 15.5. The van der Waals surface area contributed by atoms with Crippen LogP contribution < -0.4 is 0 Å². The largest absolute Gasteiger partial charge is 0.355 e. The quantitative estimate of drug-likeness (QED) is 0.283. The lowest BCUT2D eigenvalue weighted by Crippen LogP contribution is -1.93. The molecule has 4 aromatic carbocycles. The number of aromatic amines is 1. The van der Waals surface area contributed by atoms with Crippen molar-refractivity contribution in [2.24, 2.45) is 0 Å². The predicted octanol–water partition coefficient (Wildman–Crippen LogP) is 6.33. The number of hydrogen-bond acceptors (Lipinski definition) is 2. The zero-order chi connectivity index (χ0) is 19.5. The van der Waals surface area contributed by atoms with Crippen LogP contribution in [0.15, 0.2) is 84.9 Å². The van der Waals surface area contributed by atoms with Gasteiger partial charge in [0.15, 0.2) is 0 Å². The highest BCUT2D eigenvalue weighted by atomic mass is 16.6. The number of nitrogens with one attached hydrogen (secondary N) is 1. The molecule has 1 N–H and O–H groups in total. The van der Waals surface area contributed by atoms with Gasteiger partial charge in [-0.05, 0) is 36.4 Å². The average molecular weight is 377 g/mol. The van der Waals surface area contributed by atoms with Crippen LogP contribution in [0.4, 0.5) is 5.69 Å². The molecular weight excluding hydrogens is 362 g/mol. The number of nitro groups is 1. The molecule has 0 saturated carbocycles. The monoisotopic (exact) mass is 377 g/mol. The van der Waals surface area contributed by atoms with Crippen LogP contribution in [0, 0.1) is 10.1 Å². The zero-order valence-electron chi connectivity index (χ0n) is 15.3. The summed E-state index contributed by atoms with van der Waals surface area (Å²) in [6, 6.07) is 27.9. The van der Waals surface area contributed by atoms with Gasteiger partial charge in [0, 0.05) is 50.4 Å². The summed E-state index contributed by atoms with van der Waals surface area (Å²) in [6.45, 7) is 0. The Hall–Kier alpha value is -4.12. The summed E-state index contributed by atoms with van der Waals surface area (Å²) in [5.41, 5.74) is 5.26. The minimum atomic E-state index is -0.352. The molecule has 0 aliphatic carbocycles. The van der Waals surface area contributed by atoms with Crippen molar-refractivity contribution in [2.45, 2.75) is 0 Å². The third-order valence-electron chi connectivity index (χ3n) is 5.61. The summed E-state index contributed by atoms with van der Waals surface area (Å²) >= 11 is 0. The van der Waals surface area contributed by atoms with Crippen molar-refractivity contribution in [3.05, 3.63) is 95.0 Å². The maximum atomic E-state index is 11.2. The van der Waals surface area contributed by atoms with E-state index in [0.717, 1.165) is 38.5 Å². The van der Waals surface area contributed by atoms with Crippen molar-refractivity contribution in [2.75, 3.05) is 0 Å². The molecule has 2 aromatic heterocycles. The lowest BCUT2D eigenvalue weighted by atomic mass is 10.1. The number of nitro benzene ring substituents is 1. The lowest BCUT2D eigenvalue weighted by molar-refractivity contribution is -0.384. The molecule has 0 saturated heterocycles. The second-order valence-electron chi connectivity index (χ2n) is 7.21. The van der Waals surface area contributed by atoms with Crippen molar-refractivity contribution < 1.29 is 4.92 Å². The van der Waals surface area contributed by atoms with E-state index in [2.05, 4.69) is 58.1 Å². The molecular formula is C24H15N3O2. The second kappa shape index (κ2) is 5.69.